The smallest absolute Gasteiger partial charge is 0.328 e. The number of ether oxygens (including phenoxy) is 3. The van der Waals surface area contributed by atoms with Crippen molar-refractivity contribution in [2.24, 2.45) is 0 Å². The number of nitrogens with zero attached hydrogens (tertiary/aromatic N) is 1. The number of carbonyl (C=O) groups excluding carboxylic acids is 2. The van der Waals surface area contributed by atoms with Crippen LogP contribution in [0.5, 0.6) is 11.5 Å². The van der Waals surface area contributed by atoms with Crippen LogP contribution in [0.25, 0.3) is 0 Å². The fourth-order valence-corrected chi connectivity index (χ4v) is 4.54. The van der Waals surface area contributed by atoms with Gasteiger partial charge in [-0.15, -0.1) is 11.3 Å². The van der Waals surface area contributed by atoms with Gasteiger partial charge in [-0.2, -0.15) is 0 Å². The van der Waals surface area contributed by atoms with Crippen molar-refractivity contribution in [3.05, 3.63) is 81.5 Å². The Kier molecular flexibility index (Phi) is 6.23. The van der Waals surface area contributed by atoms with Crippen molar-refractivity contribution in [2.75, 3.05) is 14.2 Å². The van der Waals surface area contributed by atoms with Crippen LogP contribution in [-0.4, -0.2) is 37.0 Å². The van der Waals surface area contributed by atoms with E-state index in [1.165, 1.54) is 18.4 Å². The summed E-state index contributed by atoms with van der Waals surface area (Å²) in [6, 6.07) is 16.5. The molecule has 0 spiro atoms. The summed E-state index contributed by atoms with van der Waals surface area (Å²) in [5.41, 5.74) is 3.00. The number of carbonyl (C=O) groups is 2. The quantitative estimate of drug-likeness (QED) is 0.544. The maximum absolute atomic E-state index is 13.3. The largest absolute Gasteiger partial charge is 0.493 e. The van der Waals surface area contributed by atoms with E-state index in [9.17, 15) is 9.59 Å². The van der Waals surface area contributed by atoms with Crippen molar-refractivity contribution in [3.8, 4) is 11.5 Å². The molecule has 31 heavy (non-hydrogen) atoms. The molecule has 1 amide bonds. The second-order valence-corrected chi connectivity index (χ2v) is 8.11. The van der Waals surface area contributed by atoms with Gasteiger partial charge in [-0.05, 0) is 34.7 Å². The molecular weight excluding hydrogens is 414 g/mol. The average molecular weight is 438 g/mol. The van der Waals surface area contributed by atoms with Gasteiger partial charge in [0.2, 0.25) is 0 Å². The van der Waals surface area contributed by atoms with E-state index in [2.05, 4.69) is 0 Å². The summed E-state index contributed by atoms with van der Waals surface area (Å²) in [5, 5.41) is 1.90. The highest BCUT2D eigenvalue weighted by Gasteiger charge is 2.36. The molecule has 0 N–H and O–H groups in total. The van der Waals surface area contributed by atoms with E-state index in [1.807, 2.05) is 60.0 Å². The van der Waals surface area contributed by atoms with Gasteiger partial charge in [-0.3, -0.25) is 4.79 Å². The van der Waals surface area contributed by atoms with E-state index in [0.717, 1.165) is 16.7 Å². The molecule has 1 aromatic heterocycles. The van der Waals surface area contributed by atoms with Crippen LogP contribution < -0.4 is 9.47 Å². The lowest BCUT2D eigenvalue weighted by Crippen LogP contribution is -2.49. The molecule has 2 heterocycles. The molecule has 1 aliphatic rings. The lowest BCUT2D eigenvalue weighted by molar-refractivity contribution is -0.146. The van der Waals surface area contributed by atoms with Gasteiger partial charge < -0.3 is 19.1 Å². The van der Waals surface area contributed by atoms with E-state index in [-0.39, 0.29) is 5.91 Å². The second-order valence-electron chi connectivity index (χ2n) is 7.20. The van der Waals surface area contributed by atoms with Crippen molar-refractivity contribution in [3.63, 3.8) is 0 Å². The first kappa shape index (κ1) is 20.9. The zero-order valence-corrected chi connectivity index (χ0v) is 18.2. The Labute approximate surface area is 185 Å². The van der Waals surface area contributed by atoms with Crippen LogP contribution in [0.3, 0.4) is 0 Å². The van der Waals surface area contributed by atoms with Crippen LogP contribution in [0.15, 0.2) is 60.0 Å². The van der Waals surface area contributed by atoms with Crippen molar-refractivity contribution in [1.29, 1.82) is 0 Å². The molecule has 1 aliphatic heterocycles. The number of hydrogen-bond donors (Lipinski definition) is 0. The molecule has 0 radical (unpaired) electrons. The number of rotatable bonds is 6. The highest BCUT2D eigenvalue weighted by molar-refractivity contribution is 7.12. The first-order valence-electron chi connectivity index (χ1n) is 9.89. The number of esters is 1. The van der Waals surface area contributed by atoms with E-state index in [4.69, 9.17) is 14.2 Å². The van der Waals surface area contributed by atoms with Crippen LogP contribution in [-0.2, 0) is 29.1 Å². The molecule has 6 nitrogen and oxygen atoms in total. The molecule has 0 aliphatic carbocycles. The Morgan fingerprint density at radius 3 is 2.48 bits per heavy atom. The van der Waals surface area contributed by atoms with Crippen LogP contribution in [0.1, 0.15) is 26.4 Å². The van der Waals surface area contributed by atoms with Crippen molar-refractivity contribution >= 4 is 23.2 Å². The average Bonchev–Trinajstić information content (AvgIpc) is 3.30. The first-order chi connectivity index (χ1) is 15.1. The van der Waals surface area contributed by atoms with E-state index in [0.29, 0.717) is 35.9 Å². The van der Waals surface area contributed by atoms with Crippen LogP contribution in [0, 0.1) is 0 Å². The molecule has 0 bridgehead atoms. The first-order valence-corrected chi connectivity index (χ1v) is 10.8. The minimum Gasteiger partial charge on any atom is -0.493 e. The number of amides is 1. The summed E-state index contributed by atoms with van der Waals surface area (Å²) in [6.07, 6.45) is 0.448. The Bertz CT molecular complexity index is 1090. The summed E-state index contributed by atoms with van der Waals surface area (Å²) >= 11 is 1.34. The van der Waals surface area contributed by atoms with Gasteiger partial charge >= 0.3 is 5.97 Å². The van der Waals surface area contributed by atoms with Crippen LogP contribution >= 0.6 is 11.3 Å². The summed E-state index contributed by atoms with van der Waals surface area (Å²) < 4.78 is 16.1. The molecular formula is C24H23NO5S. The summed E-state index contributed by atoms with van der Waals surface area (Å²) in [4.78, 5) is 27.9. The Hall–Kier alpha value is -3.32. The molecule has 7 heteroatoms. The number of thiophene rings is 1. The zero-order chi connectivity index (χ0) is 21.8. The van der Waals surface area contributed by atoms with Gasteiger partial charge in [-0.25, -0.2) is 4.79 Å². The van der Waals surface area contributed by atoms with Gasteiger partial charge in [0.05, 0.1) is 19.1 Å². The predicted molar refractivity (Wildman–Crippen MR) is 117 cm³/mol. The van der Waals surface area contributed by atoms with E-state index in [1.54, 1.807) is 12.0 Å². The minimum absolute atomic E-state index is 0.182. The number of hydrogen-bond acceptors (Lipinski definition) is 6. The van der Waals surface area contributed by atoms with E-state index < -0.39 is 12.0 Å². The highest BCUT2D eigenvalue weighted by Crippen LogP contribution is 2.29. The van der Waals surface area contributed by atoms with Gasteiger partial charge in [0, 0.05) is 18.5 Å². The number of fused-ring (bicyclic) bond motifs is 1. The van der Waals surface area contributed by atoms with Gasteiger partial charge in [-0.1, -0.05) is 36.4 Å². The predicted octanol–water partition coefficient (Wildman–Crippen LogP) is 4.08. The molecule has 3 aromatic rings. The lowest BCUT2D eigenvalue weighted by atomic mass is 9.93. The zero-order valence-electron chi connectivity index (χ0n) is 17.4. The Morgan fingerprint density at radius 2 is 1.74 bits per heavy atom. The number of para-hydroxylation sites is 2. The standard InChI is InChI=1S/C24H23NO5S/c1-28-20-9-5-6-10-21(20)30-14-16-11-22(31-15-16)23(26)25-13-18-8-4-3-7-17(18)12-19(25)24(27)29-2/h3-11,15,19H,12-14H2,1-2H3. The Balaban J connectivity index is 1.51. The molecule has 0 saturated carbocycles. The van der Waals surface area contributed by atoms with Gasteiger partial charge in [0.15, 0.2) is 11.5 Å². The third kappa shape index (κ3) is 4.41. The normalized spacial score (nSPS) is 15.2. The summed E-state index contributed by atoms with van der Waals surface area (Å²) in [5.74, 6) is 0.710. The van der Waals surface area contributed by atoms with E-state index >= 15 is 0 Å². The monoisotopic (exact) mass is 437 g/mol. The Morgan fingerprint density at radius 1 is 1.03 bits per heavy atom. The maximum atomic E-state index is 13.3. The van der Waals surface area contributed by atoms with Gasteiger partial charge in [0.1, 0.15) is 12.6 Å². The minimum atomic E-state index is -0.636. The fourth-order valence-electron chi connectivity index (χ4n) is 3.69. The molecule has 0 saturated heterocycles. The van der Waals surface area contributed by atoms with Gasteiger partial charge in [0.25, 0.3) is 5.91 Å². The molecule has 4 rings (SSSR count). The topological polar surface area (TPSA) is 65.1 Å². The second kappa shape index (κ2) is 9.22. The molecule has 2 aromatic carbocycles. The summed E-state index contributed by atoms with van der Waals surface area (Å²) in [7, 11) is 2.95. The fraction of sp³-hybridized carbons (Fsp3) is 0.250. The third-order valence-corrected chi connectivity index (χ3v) is 6.28. The van der Waals surface area contributed by atoms with Crippen molar-refractivity contribution < 1.29 is 23.8 Å². The van der Waals surface area contributed by atoms with Crippen LogP contribution in [0.4, 0.5) is 0 Å². The lowest BCUT2D eigenvalue weighted by Gasteiger charge is -2.34. The molecule has 160 valence electrons. The highest BCUT2D eigenvalue weighted by atomic mass is 32.1. The summed E-state index contributed by atoms with van der Waals surface area (Å²) in [6.45, 7) is 0.688. The number of benzene rings is 2. The maximum Gasteiger partial charge on any atom is 0.328 e. The molecule has 1 atom stereocenters. The molecule has 1 unspecified atom stereocenters. The van der Waals surface area contributed by atoms with Crippen molar-refractivity contribution in [1.82, 2.24) is 4.90 Å². The third-order valence-electron chi connectivity index (χ3n) is 5.31. The SMILES string of the molecule is COC(=O)C1Cc2ccccc2CN1C(=O)c1cc(COc2ccccc2OC)cs1. The van der Waals surface area contributed by atoms with Crippen molar-refractivity contribution in [2.45, 2.75) is 25.6 Å². The molecule has 0 fully saturated rings. The van der Waals surface area contributed by atoms with Crippen LogP contribution in [0.2, 0.25) is 0 Å². The number of methoxy groups -OCH3 is 2.